The molecule has 0 aliphatic carbocycles. The first-order valence-electron chi connectivity index (χ1n) is 9.77. The first-order valence-corrected chi connectivity index (χ1v) is 9.77. The van der Waals surface area contributed by atoms with Crippen LogP contribution in [0.25, 0.3) is 11.4 Å². The van der Waals surface area contributed by atoms with Crippen molar-refractivity contribution >= 4 is 5.91 Å². The SMILES string of the molecule is CCN(CC)C(=O)Cn1nnc(-c2ccccc2Cc2ccc(OC(F)(F)F)cc2)n1. The lowest BCUT2D eigenvalue weighted by Crippen LogP contribution is -2.34. The van der Waals surface area contributed by atoms with Gasteiger partial charge in [0.15, 0.2) is 0 Å². The minimum Gasteiger partial charge on any atom is -0.406 e. The van der Waals surface area contributed by atoms with Crippen LogP contribution in [0.3, 0.4) is 0 Å². The lowest BCUT2D eigenvalue weighted by atomic mass is 9.99. The van der Waals surface area contributed by atoms with Crippen molar-refractivity contribution < 1.29 is 22.7 Å². The maximum Gasteiger partial charge on any atom is 0.573 e. The standard InChI is InChI=1S/C21H22F3N5O2/c1-3-28(4-2)19(30)14-29-26-20(25-27-29)18-8-6-5-7-16(18)13-15-9-11-17(12-10-15)31-21(22,23)24/h5-12H,3-4,13-14H2,1-2H3. The van der Waals surface area contributed by atoms with E-state index in [0.29, 0.717) is 25.3 Å². The average Bonchev–Trinajstić information content (AvgIpc) is 3.18. The molecule has 10 heteroatoms. The fourth-order valence-electron chi connectivity index (χ4n) is 3.14. The van der Waals surface area contributed by atoms with E-state index in [4.69, 9.17) is 0 Å². The highest BCUT2D eigenvalue weighted by Gasteiger charge is 2.31. The number of benzene rings is 2. The second-order valence-electron chi connectivity index (χ2n) is 6.74. The second-order valence-corrected chi connectivity index (χ2v) is 6.74. The van der Waals surface area contributed by atoms with Gasteiger partial charge in [0, 0.05) is 18.7 Å². The van der Waals surface area contributed by atoms with E-state index in [-0.39, 0.29) is 18.2 Å². The van der Waals surface area contributed by atoms with Crippen molar-refractivity contribution in [2.75, 3.05) is 13.1 Å². The maximum absolute atomic E-state index is 12.3. The lowest BCUT2D eigenvalue weighted by Gasteiger charge is -2.17. The van der Waals surface area contributed by atoms with Crippen LogP contribution in [0, 0.1) is 0 Å². The van der Waals surface area contributed by atoms with E-state index in [2.05, 4.69) is 20.1 Å². The van der Waals surface area contributed by atoms with Gasteiger partial charge in [0.05, 0.1) is 0 Å². The molecule has 0 saturated carbocycles. The number of carbonyl (C=O) groups is 1. The molecule has 0 saturated heterocycles. The number of likely N-dealkylation sites (N-methyl/N-ethyl adjacent to an activating group) is 1. The Balaban J connectivity index is 1.75. The Kier molecular flexibility index (Phi) is 6.88. The minimum absolute atomic E-state index is 0.00247. The third kappa shape index (κ3) is 6.03. The first kappa shape index (κ1) is 22.3. The molecule has 31 heavy (non-hydrogen) atoms. The number of nitrogens with zero attached hydrogens (tertiary/aromatic N) is 5. The van der Waals surface area contributed by atoms with Crippen molar-refractivity contribution in [3.05, 3.63) is 59.7 Å². The maximum atomic E-state index is 12.3. The molecule has 1 aromatic heterocycles. The van der Waals surface area contributed by atoms with Crippen LogP contribution in [-0.4, -0.2) is 50.5 Å². The predicted molar refractivity (Wildman–Crippen MR) is 107 cm³/mol. The summed E-state index contributed by atoms with van der Waals surface area (Å²) in [6, 6.07) is 13.1. The summed E-state index contributed by atoms with van der Waals surface area (Å²) in [5.41, 5.74) is 2.41. The predicted octanol–water partition coefficient (Wildman–Crippen LogP) is 3.70. The Morgan fingerprint density at radius 3 is 2.39 bits per heavy atom. The minimum atomic E-state index is -4.72. The van der Waals surface area contributed by atoms with Crippen molar-refractivity contribution in [1.29, 1.82) is 0 Å². The zero-order chi connectivity index (χ0) is 22.4. The topological polar surface area (TPSA) is 73.1 Å². The smallest absolute Gasteiger partial charge is 0.406 e. The van der Waals surface area contributed by atoms with Gasteiger partial charge in [0.1, 0.15) is 12.3 Å². The first-order chi connectivity index (χ1) is 14.8. The molecule has 0 aliphatic heterocycles. The van der Waals surface area contributed by atoms with E-state index >= 15 is 0 Å². The number of amides is 1. The molecule has 0 radical (unpaired) electrons. The normalized spacial score (nSPS) is 11.4. The van der Waals surface area contributed by atoms with Crippen molar-refractivity contribution in [3.8, 4) is 17.1 Å². The van der Waals surface area contributed by atoms with Crippen molar-refractivity contribution in [1.82, 2.24) is 25.1 Å². The summed E-state index contributed by atoms with van der Waals surface area (Å²) in [5, 5.41) is 12.4. The number of hydrogen-bond donors (Lipinski definition) is 0. The van der Waals surface area contributed by atoms with E-state index in [1.54, 1.807) is 17.0 Å². The molecular formula is C21H22F3N5O2. The van der Waals surface area contributed by atoms with Crippen LogP contribution in [0.2, 0.25) is 0 Å². The molecule has 2 aromatic carbocycles. The third-order valence-electron chi connectivity index (χ3n) is 4.66. The Bertz CT molecular complexity index is 1010. The molecule has 0 atom stereocenters. The summed E-state index contributed by atoms with van der Waals surface area (Å²) in [4.78, 5) is 15.2. The van der Waals surface area contributed by atoms with E-state index in [1.165, 1.54) is 16.9 Å². The lowest BCUT2D eigenvalue weighted by molar-refractivity contribution is -0.274. The van der Waals surface area contributed by atoms with Gasteiger partial charge in [-0.3, -0.25) is 4.79 Å². The van der Waals surface area contributed by atoms with E-state index < -0.39 is 6.36 Å². The molecule has 0 aliphatic rings. The number of alkyl halides is 3. The number of halogens is 3. The largest absolute Gasteiger partial charge is 0.573 e. The number of rotatable bonds is 8. The van der Waals surface area contributed by atoms with Gasteiger partial charge in [-0.05, 0) is 48.7 Å². The van der Waals surface area contributed by atoms with Gasteiger partial charge in [-0.25, -0.2) is 0 Å². The molecular weight excluding hydrogens is 411 g/mol. The fraction of sp³-hybridized carbons (Fsp3) is 0.333. The van der Waals surface area contributed by atoms with Crippen LogP contribution in [-0.2, 0) is 17.8 Å². The number of hydrogen-bond acceptors (Lipinski definition) is 5. The van der Waals surface area contributed by atoms with Gasteiger partial charge in [0.2, 0.25) is 11.7 Å². The summed E-state index contributed by atoms with van der Waals surface area (Å²) in [5.74, 6) is 0.00962. The zero-order valence-electron chi connectivity index (χ0n) is 17.1. The molecule has 0 fully saturated rings. The van der Waals surface area contributed by atoms with Gasteiger partial charge in [-0.15, -0.1) is 23.4 Å². The van der Waals surface area contributed by atoms with Gasteiger partial charge in [-0.2, -0.15) is 4.80 Å². The molecule has 1 amide bonds. The van der Waals surface area contributed by atoms with E-state index in [1.807, 2.05) is 38.1 Å². The highest BCUT2D eigenvalue weighted by Crippen LogP contribution is 2.25. The quantitative estimate of drug-likeness (QED) is 0.542. The summed E-state index contributed by atoms with van der Waals surface area (Å²) in [7, 11) is 0. The third-order valence-corrected chi connectivity index (χ3v) is 4.66. The van der Waals surface area contributed by atoms with Crippen LogP contribution in [0.5, 0.6) is 5.75 Å². The average molecular weight is 433 g/mol. The highest BCUT2D eigenvalue weighted by atomic mass is 19.4. The van der Waals surface area contributed by atoms with E-state index in [9.17, 15) is 18.0 Å². The van der Waals surface area contributed by atoms with Gasteiger partial charge >= 0.3 is 6.36 Å². The Labute approximate surface area is 177 Å². The van der Waals surface area contributed by atoms with E-state index in [0.717, 1.165) is 16.7 Å². The monoisotopic (exact) mass is 433 g/mol. The Hall–Kier alpha value is -3.43. The van der Waals surface area contributed by atoms with Crippen molar-refractivity contribution in [2.24, 2.45) is 0 Å². The van der Waals surface area contributed by atoms with Crippen LogP contribution in [0.4, 0.5) is 13.2 Å². The second kappa shape index (κ2) is 9.59. The fourth-order valence-corrected chi connectivity index (χ4v) is 3.14. The zero-order valence-corrected chi connectivity index (χ0v) is 17.1. The number of ether oxygens (including phenoxy) is 1. The molecule has 0 spiro atoms. The molecule has 0 N–H and O–H groups in total. The molecule has 164 valence electrons. The molecule has 3 rings (SSSR count). The summed E-state index contributed by atoms with van der Waals surface area (Å²) in [6.07, 6.45) is -4.27. The van der Waals surface area contributed by atoms with Gasteiger partial charge < -0.3 is 9.64 Å². The summed E-state index contributed by atoms with van der Waals surface area (Å²) >= 11 is 0. The van der Waals surface area contributed by atoms with Crippen molar-refractivity contribution in [3.63, 3.8) is 0 Å². The summed E-state index contributed by atoms with van der Waals surface area (Å²) in [6.45, 7) is 5.01. The van der Waals surface area contributed by atoms with Crippen molar-refractivity contribution in [2.45, 2.75) is 33.2 Å². The molecule has 0 bridgehead atoms. The van der Waals surface area contributed by atoms with Crippen LogP contribution < -0.4 is 4.74 Å². The van der Waals surface area contributed by atoms with Crippen LogP contribution >= 0.6 is 0 Å². The highest BCUT2D eigenvalue weighted by molar-refractivity contribution is 5.75. The number of carbonyl (C=O) groups excluding carboxylic acids is 1. The molecule has 7 nitrogen and oxygen atoms in total. The Morgan fingerprint density at radius 2 is 1.74 bits per heavy atom. The van der Waals surface area contributed by atoms with Gasteiger partial charge in [-0.1, -0.05) is 36.4 Å². The van der Waals surface area contributed by atoms with Crippen LogP contribution in [0.1, 0.15) is 25.0 Å². The summed E-state index contributed by atoms with van der Waals surface area (Å²) < 4.78 is 40.9. The van der Waals surface area contributed by atoms with Gasteiger partial charge in [0.25, 0.3) is 0 Å². The number of tetrazole rings is 1. The number of aromatic nitrogens is 4. The Morgan fingerprint density at radius 1 is 1.06 bits per heavy atom. The molecule has 3 aromatic rings. The van der Waals surface area contributed by atoms with Crippen LogP contribution in [0.15, 0.2) is 48.5 Å². The molecule has 1 heterocycles. The molecule has 0 unspecified atom stereocenters.